The van der Waals surface area contributed by atoms with Gasteiger partial charge in [-0.3, -0.25) is 9.58 Å². The molecule has 126 valence electrons. The number of rotatable bonds is 4. The average molecular weight is 350 g/mol. The highest BCUT2D eigenvalue weighted by atomic mass is 35.5. The molecule has 1 unspecified atom stereocenters. The third kappa shape index (κ3) is 3.30. The van der Waals surface area contributed by atoms with E-state index in [9.17, 15) is 8.42 Å². The second kappa shape index (κ2) is 7.27. The summed E-state index contributed by atoms with van der Waals surface area (Å²) < 4.78 is 28.6. The van der Waals surface area contributed by atoms with Gasteiger partial charge in [0.1, 0.15) is 0 Å². The van der Waals surface area contributed by atoms with Gasteiger partial charge in [-0.1, -0.05) is 0 Å². The number of aryl methyl sites for hydroxylation is 1. The molecule has 3 rings (SSSR count). The van der Waals surface area contributed by atoms with Crippen molar-refractivity contribution in [3.05, 3.63) is 12.3 Å². The molecule has 0 bridgehead atoms. The predicted octanol–water partition coefficient (Wildman–Crippen LogP) is -0.00700. The maximum absolute atomic E-state index is 12.7. The molecule has 2 aliphatic rings. The van der Waals surface area contributed by atoms with Crippen LogP contribution in [0.5, 0.6) is 0 Å². The third-order valence-corrected chi connectivity index (χ3v) is 6.26. The molecule has 0 aliphatic carbocycles. The monoisotopic (exact) mass is 349 g/mol. The quantitative estimate of drug-likeness (QED) is 0.828. The summed E-state index contributed by atoms with van der Waals surface area (Å²) in [5.74, 6) is 0. The molecule has 0 saturated carbocycles. The first-order valence-electron chi connectivity index (χ1n) is 7.59. The van der Waals surface area contributed by atoms with Gasteiger partial charge in [0.2, 0.25) is 0 Å². The molecule has 2 saturated heterocycles. The van der Waals surface area contributed by atoms with Crippen LogP contribution in [0.4, 0.5) is 0 Å². The largest absolute Gasteiger partial charge is 0.314 e. The molecule has 7 nitrogen and oxygen atoms in total. The van der Waals surface area contributed by atoms with E-state index < -0.39 is 10.0 Å². The molecule has 0 amide bonds. The van der Waals surface area contributed by atoms with Crippen LogP contribution in [0.25, 0.3) is 0 Å². The minimum absolute atomic E-state index is 0. The van der Waals surface area contributed by atoms with Crippen LogP contribution in [0.1, 0.15) is 13.3 Å². The first-order chi connectivity index (χ1) is 10.1. The van der Waals surface area contributed by atoms with Crippen LogP contribution >= 0.6 is 12.4 Å². The van der Waals surface area contributed by atoms with Gasteiger partial charge in [0, 0.05) is 51.9 Å². The Morgan fingerprint density at radius 2 is 2.05 bits per heavy atom. The summed E-state index contributed by atoms with van der Waals surface area (Å²) in [6.07, 6.45) is 2.47. The van der Waals surface area contributed by atoms with Crippen molar-refractivity contribution in [2.24, 2.45) is 0 Å². The predicted molar refractivity (Wildman–Crippen MR) is 86.8 cm³/mol. The normalized spacial score (nSPS) is 24.3. The van der Waals surface area contributed by atoms with E-state index in [0.717, 1.165) is 32.6 Å². The van der Waals surface area contributed by atoms with Crippen LogP contribution in [0.2, 0.25) is 0 Å². The minimum Gasteiger partial charge on any atom is -0.314 e. The zero-order chi connectivity index (χ0) is 14.9. The van der Waals surface area contributed by atoms with Gasteiger partial charge < -0.3 is 5.32 Å². The molecule has 0 spiro atoms. The molecule has 9 heteroatoms. The maximum Gasteiger partial charge on any atom is 0.260 e. The van der Waals surface area contributed by atoms with E-state index in [1.54, 1.807) is 21.3 Å². The number of aromatic nitrogens is 2. The first-order valence-corrected chi connectivity index (χ1v) is 9.03. The SMILES string of the molecule is CCn1nccc1S(=O)(=O)N1CCC(N2CCNCC2)C1.Cl. The molecule has 1 atom stereocenters. The lowest BCUT2D eigenvalue weighted by atomic mass is 10.2. The van der Waals surface area contributed by atoms with Crippen LogP contribution in [-0.4, -0.2) is 72.7 Å². The van der Waals surface area contributed by atoms with Crippen molar-refractivity contribution in [3.8, 4) is 0 Å². The van der Waals surface area contributed by atoms with Crippen molar-refractivity contribution < 1.29 is 8.42 Å². The van der Waals surface area contributed by atoms with E-state index in [2.05, 4.69) is 15.3 Å². The molecule has 2 aliphatic heterocycles. The van der Waals surface area contributed by atoms with Crippen LogP contribution in [0.15, 0.2) is 17.3 Å². The summed E-state index contributed by atoms with van der Waals surface area (Å²) in [5, 5.41) is 7.72. The van der Waals surface area contributed by atoms with Crippen molar-refractivity contribution in [3.63, 3.8) is 0 Å². The van der Waals surface area contributed by atoms with Gasteiger partial charge in [0.15, 0.2) is 5.03 Å². The molecule has 1 N–H and O–H groups in total. The number of hydrogen-bond acceptors (Lipinski definition) is 5. The number of halogens is 1. The lowest BCUT2D eigenvalue weighted by Gasteiger charge is -2.32. The fourth-order valence-electron chi connectivity index (χ4n) is 3.18. The molecular weight excluding hydrogens is 326 g/mol. The van der Waals surface area contributed by atoms with Gasteiger partial charge in [-0.25, -0.2) is 8.42 Å². The summed E-state index contributed by atoms with van der Waals surface area (Å²) >= 11 is 0. The van der Waals surface area contributed by atoms with Gasteiger partial charge in [0.25, 0.3) is 10.0 Å². The molecule has 2 fully saturated rings. The maximum atomic E-state index is 12.7. The highest BCUT2D eigenvalue weighted by Crippen LogP contribution is 2.23. The Balaban J connectivity index is 0.00000176. The fraction of sp³-hybridized carbons (Fsp3) is 0.769. The summed E-state index contributed by atoms with van der Waals surface area (Å²) in [5.41, 5.74) is 0. The van der Waals surface area contributed by atoms with E-state index in [-0.39, 0.29) is 12.4 Å². The van der Waals surface area contributed by atoms with E-state index in [4.69, 9.17) is 0 Å². The summed E-state index contributed by atoms with van der Waals surface area (Å²) in [7, 11) is -3.42. The highest BCUT2D eigenvalue weighted by Gasteiger charge is 2.36. The summed E-state index contributed by atoms with van der Waals surface area (Å²) in [6.45, 7) is 7.66. The zero-order valence-electron chi connectivity index (χ0n) is 12.8. The molecule has 22 heavy (non-hydrogen) atoms. The zero-order valence-corrected chi connectivity index (χ0v) is 14.4. The van der Waals surface area contributed by atoms with Crippen molar-refractivity contribution in [1.29, 1.82) is 0 Å². The Hall–Kier alpha value is -0.670. The standard InChI is InChI=1S/C13H23N5O2S.ClH/c1-2-18-13(3-5-15-18)21(19,20)17-8-4-12(11-17)16-9-6-14-7-10-16;/h3,5,12,14H,2,4,6-11H2,1H3;1H. The highest BCUT2D eigenvalue weighted by molar-refractivity contribution is 7.89. The van der Waals surface area contributed by atoms with Crippen LogP contribution in [0, 0.1) is 0 Å². The number of hydrogen-bond donors (Lipinski definition) is 1. The van der Waals surface area contributed by atoms with Crippen molar-refractivity contribution in [2.75, 3.05) is 39.3 Å². The average Bonchev–Trinajstić information content (AvgIpc) is 3.17. The van der Waals surface area contributed by atoms with Crippen molar-refractivity contribution in [2.45, 2.75) is 31.0 Å². The molecule has 1 aromatic rings. The van der Waals surface area contributed by atoms with Crippen molar-refractivity contribution in [1.82, 2.24) is 24.3 Å². The third-order valence-electron chi connectivity index (χ3n) is 4.38. The molecule has 0 radical (unpaired) electrons. The molecule has 3 heterocycles. The van der Waals surface area contributed by atoms with Gasteiger partial charge in [-0.05, 0) is 19.4 Å². The lowest BCUT2D eigenvalue weighted by molar-refractivity contribution is 0.179. The first kappa shape index (κ1) is 17.7. The van der Waals surface area contributed by atoms with Gasteiger partial charge >= 0.3 is 0 Å². The van der Waals surface area contributed by atoms with Gasteiger partial charge in [-0.2, -0.15) is 9.40 Å². The number of nitrogens with one attached hydrogen (secondary N) is 1. The number of nitrogens with zero attached hydrogens (tertiary/aromatic N) is 4. The van der Waals surface area contributed by atoms with E-state index in [1.807, 2.05) is 6.92 Å². The van der Waals surface area contributed by atoms with E-state index in [1.165, 1.54) is 0 Å². The Kier molecular flexibility index (Phi) is 5.84. The summed E-state index contributed by atoms with van der Waals surface area (Å²) in [6, 6.07) is 1.94. The van der Waals surface area contributed by atoms with Crippen molar-refractivity contribution >= 4 is 22.4 Å². The van der Waals surface area contributed by atoms with Crippen LogP contribution in [0.3, 0.4) is 0 Å². The molecular formula is C13H24ClN5O2S. The Morgan fingerprint density at radius 1 is 1.32 bits per heavy atom. The lowest BCUT2D eigenvalue weighted by Crippen LogP contribution is -2.49. The second-order valence-electron chi connectivity index (χ2n) is 5.58. The second-order valence-corrected chi connectivity index (χ2v) is 7.46. The minimum atomic E-state index is -3.42. The van der Waals surface area contributed by atoms with Gasteiger partial charge in [-0.15, -0.1) is 12.4 Å². The van der Waals surface area contributed by atoms with E-state index >= 15 is 0 Å². The number of piperazine rings is 1. The smallest absolute Gasteiger partial charge is 0.260 e. The Morgan fingerprint density at radius 3 is 2.73 bits per heavy atom. The Labute approximate surface area is 138 Å². The topological polar surface area (TPSA) is 70.5 Å². The van der Waals surface area contributed by atoms with E-state index in [0.29, 0.717) is 30.7 Å². The summed E-state index contributed by atoms with van der Waals surface area (Å²) in [4.78, 5) is 2.41. The molecule has 1 aromatic heterocycles. The number of sulfonamides is 1. The Bertz CT molecular complexity index is 585. The fourth-order valence-corrected chi connectivity index (χ4v) is 4.84. The molecule has 0 aromatic carbocycles. The van der Waals surface area contributed by atoms with Crippen LogP contribution in [-0.2, 0) is 16.6 Å². The van der Waals surface area contributed by atoms with Gasteiger partial charge in [0.05, 0.1) is 6.20 Å². The van der Waals surface area contributed by atoms with Crippen LogP contribution < -0.4 is 5.32 Å².